The topological polar surface area (TPSA) is 49.8 Å². The molecule has 0 radical (unpaired) electrons. The molecule has 0 aliphatic carbocycles. The first-order chi connectivity index (χ1) is 7.20. The first-order valence-electron chi connectivity index (χ1n) is 5.55. The zero-order valence-corrected chi connectivity index (χ0v) is 10.5. The molecule has 4 heteroatoms. The summed E-state index contributed by atoms with van der Waals surface area (Å²) in [6.07, 6.45) is -0.871. The summed E-state index contributed by atoms with van der Waals surface area (Å²) < 4.78 is 5.59. The predicted molar refractivity (Wildman–Crippen MR) is 61.7 cm³/mol. The summed E-state index contributed by atoms with van der Waals surface area (Å²) in [5, 5.41) is 9.15. The van der Waals surface area contributed by atoms with Crippen molar-refractivity contribution in [1.82, 2.24) is 4.90 Å². The fourth-order valence-corrected chi connectivity index (χ4v) is 1.62. The van der Waals surface area contributed by atoms with Gasteiger partial charge in [0.25, 0.3) is 0 Å². The number of ether oxygens (including phenoxy) is 1. The molecule has 16 heavy (non-hydrogen) atoms. The van der Waals surface area contributed by atoms with Crippen LogP contribution in [0.1, 0.15) is 27.7 Å². The van der Waals surface area contributed by atoms with Gasteiger partial charge < -0.3 is 14.7 Å². The van der Waals surface area contributed by atoms with Gasteiger partial charge in [0.15, 0.2) is 11.7 Å². The summed E-state index contributed by atoms with van der Waals surface area (Å²) >= 11 is 0. The number of hydrogen-bond donors (Lipinski definition) is 1. The molecule has 4 nitrogen and oxygen atoms in total. The number of rotatable bonds is 4. The predicted octanol–water partition coefficient (Wildman–Crippen LogP) is 1.15. The monoisotopic (exact) mass is 227 g/mol. The molecule has 1 heterocycles. The molecule has 1 unspecified atom stereocenters. The molecule has 0 aromatic heterocycles. The Morgan fingerprint density at radius 3 is 2.38 bits per heavy atom. The zero-order valence-electron chi connectivity index (χ0n) is 10.5. The van der Waals surface area contributed by atoms with Gasteiger partial charge in [-0.1, -0.05) is 0 Å². The quantitative estimate of drug-likeness (QED) is 0.732. The maximum Gasteiger partial charge on any atom is 0.182 e. The highest BCUT2D eigenvalue weighted by molar-refractivity contribution is 5.86. The summed E-state index contributed by atoms with van der Waals surface area (Å²) in [5.74, 6) is 0.419. The van der Waals surface area contributed by atoms with E-state index in [0.29, 0.717) is 19.0 Å². The summed E-state index contributed by atoms with van der Waals surface area (Å²) in [6, 6.07) is 0. The summed E-state index contributed by atoms with van der Waals surface area (Å²) in [4.78, 5) is 13.3. The zero-order chi connectivity index (χ0) is 12.5. The maximum absolute atomic E-state index is 11.4. The highest BCUT2D eigenvalue weighted by Crippen LogP contribution is 2.25. The third-order valence-corrected chi connectivity index (χ3v) is 2.47. The van der Waals surface area contributed by atoms with Crippen LogP contribution in [-0.2, 0) is 9.53 Å². The number of nitrogens with zero attached hydrogens (tertiary/aromatic N) is 1. The van der Waals surface area contributed by atoms with Gasteiger partial charge in [-0.05, 0) is 34.3 Å². The van der Waals surface area contributed by atoms with Crippen LogP contribution in [0.15, 0.2) is 12.5 Å². The molecule has 1 aliphatic heterocycles. The van der Waals surface area contributed by atoms with Crippen LogP contribution in [0.3, 0.4) is 0 Å². The molecular weight excluding hydrogens is 206 g/mol. The number of carbonyl (C=O) groups is 1. The van der Waals surface area contributed by atoms with Crippen LogP contribution in [0.4, 0.5) is 0 Å². The van der Waals surface area contributed by atoms with Gasteiger partial charge in [-0.3, -0.25) is 4.79 Å². The third kappa shape index (κ3) is 3.23. The second kappa shape index (κ2) is 4.45. The van der Waals surface area contributed by atoms with E-state index < -0.39 is 6.10 Å². The van der Waals surface area contributed by atoms with Gasteiger partial charge in [0.05, 0.1) is 5.92 Å². The van der Waals surface area contributed by atoms with Gasteiger partial charge in [-0.15, -0.1) is 0 Å². The van der Waals surface area contributed by atoms with Gasteiger partial charge in [-0.2, -0.15) is 0 Å². The number of carbonyl (C=O) groups excluding carboxylic acids is 1. The van der Waals surface area contributed by atoms with Crippen molar-refractivity contribution in [3.05, 3.63) is 12.5 Å². The van der Waals surface area contributed by atoms with Gasteiger partial charge >= 0.3 is 0 Å². The highest BCUT2D eigenvalue weighted by Gasteiger charge is 2.36. The molecule has 92 valence electrons. The molecule has 1 rings (SSSR count). The van der Waals surface area contributed by atoms with E-state index in [-0.39, 0.29) is 17.3 Å². The minimum Gasteiger partial charge on any atom is -0.474 e. The fourth-order valence-electron chi connectivity index (χ4n) is 1.62. The lowest BCUT2D eigenvalue weighted by Crippen LogP contribution is -2.52. The molecule has 1 fully saturated rings. The molecule has 1 N–H and O–H groups in total. The lowest BCUT2D eigenvalue weighted by Gasteiger charge is -2.42. The van der Waals surface area contributed by atoms with Gasteiger partial charge in [0.1, 0.15) is 11.7 Å². The van der Waals surface area contributed by atoms with E-state index in [9.17, 15) is 4.79 Å². The van der Waals surface area contributed by atoms with E-state index in [0.717, 1.165) is 0 Å². The van der Waals surface area contributed by atoms with Crippen molar-refractivity contribution in [3.63, 3.8) is 0 Å². The molecule has 1 saturated heterocycles. The van der Waals surface area contributed by atoms with Gasteiger partial charge in [0.2, 0.25) is 0 Å². The van der Waals surface area contributed by atoms with Crippen LogP contribution in [0.25, 0.3) is 0 Å². The minimum absolute atomic E-state index is 0.0830. The van der Waals surface area contributed by atoms with Crippen LogP contribution in [0.2, 0.25) is 0 Å². The molecule has 1 aliphatic rings. The fraction of sp³-hybridized carbons (Fsp3) is 0.750. The van der Waals surface area contributed by atoms with Crippen molar-refractivity contribution in [2.75, 3.05) is 13.1 Å². The second-order valence-electron chi connectivity index (χ2n) is 5.29. The Kier molecular flexibility index (Phi) is 3.63. The van der Waals surface area contributed by atoms with Crippen molar-refractivity contribution in [2.24, 2.45) is 5.92 Å². The normalized spacial score (nSPS) is 18.9. The third-order valence-electron chi connectivity index (χ3n) is 2.47. The number of aliphatic hydroxyl groups excluding tert-OH is 1. The van der Waals surface area contributed by atoms with E-state index in [2.05, 4.69) is 6.58 Å². The number of likely N-dealkylation sites (tertiary alicyclic amines) is 1. The molecule has 0 aromatic carbocycles. The molecule has 0 amide bonds. The molecule has 0 bridgehead atoms. The lowest BCUT2D eigenvalue weighted by atomic mass is 9.93. The molecule has 0 saturated carbocycles. The Balaban J connectivity index is 2.36. The van der Waals surface area contributed by atoms with E-state index in [1.807, 2.05) is 25.7 Å². The molecule has 1 atom stereocenters. The number of ketones is 1. The first-order valence-corrected chi connectivity index (χ1v) is 5.55. The molecule has 0 spiro atoms. The number of Topliss-reactive ketones (excluding diaryl/α,β-unsaturated/α-hetero) is 1. The smallest absolute Gasteiger partial charge is 0.182 e. The van der Waals surface area contributed by atoms with Crippen LogP contribution < -0.4 is 0 Å². The van der Waals surface area contributed by atoms with E-state index >= 15 is 0 Å². The molecular formula is C12H21NO3. The Morgan fingerprint density at radius 1 is 1.50 bits per heavy atom. The lowest BCUT2D eigenvalue weighted by molar-refractivity contribution is -0.136. The Morgan fingerprint density at radius 2 is 2.00 bits per heavy atom. The SMILES string of the molecule is C=C(OC(C)(C)C)N1CC(C(=O)C(C)O)C1. The first kappa shape index (κ1) is 13.0. The Labute approximate surface area is 96.9 Å². The highest BCUT2D eigenvalue weighted by atomic mass is 16.5. The summed E-state index contributed by atoms with van der Waals surface area (Å²) in [5.41, 5.74) is -0.267. The van der Waals surface area contributed by atoms with Crippen molar-refractivity contribution < 1.29 is 14.6 Å². The largest absolute Gasteiger partial charge is 0.474 e. The van der Waals surface area contributed by atoms with Crippen LogP contribution in [0, 0.1) is 5.92 Å². The molecule has 0 aromatic rings. The Bertz CT molecular complexity index is 285. The van der Waals surface area contributed by atoms with Crippen LogP contribution in [0.5, 0.6) is 0 Å². The van der Waals surface area contributed by atoms with Crippen LogP contribution >= 0.6 is 0 Å². The van der Waals surface area contributed by atoms with Gasteiger partial charge in [0, 0.05) is 13.1 Å². The maximum atomic E-state index is 11.4. The average molecular weight is 227 g/mol. The Hall–Kier alpha value is -1.03. The van der Waals surface area contributed by atoms with E-state index in [4.69, 9.17) is 9.84 Å². The summed E-state index contributed by atoms with van der Waals surface area (Å²) in [7, 11) is 0. The van der Waals surface area contributed by atoms with E-state index in [1.165, 1.54) is 6.92 Å². The van der Waals surface area contributed by atoms with E-state index in [1.54, 1.807) is 0 Å². The second-order valence-corrected chi connectivity index (χ2v) is 5.29. The number of hydrogen-bond acceptors (Lipinski definition) is 4. The van der Waals surface area contributed by atoms with Gasteiger partial charge in [-0.25, -0.2) is 0 Å². The van der Waals surface area contributed by atoms with Crippen molar-refractivity contribution >= 4 is 5.78 Å². The van der Waals surface area contributed by atoms with Crippen molar-refractivity contribution in [3.8, 4) is 0 Å². The average Bonchev–Trinajstić information content (AvgIpc) is 1.96. The van der Waals surface area contributed by atoms with Crippen molar-refractivity contribution in [1.29, 1.82) is 0 Å². The minimum atomic E-state index is -0.871. The number of aliphatic hydroxyl groups is 1. The summed E-state index contributed by atoms with van der Waals surface area (Å²) in [6.45, 7) is 12.4. The van der Waals surface area contributed by atoms with Crippen LogP contribution in [-0.4, -0.2) is 40.6 Å². The standard InChI is InChI=1S/C12H21NO3/c1-8(14)11(15)10-6-13(7-10)9(2)16-12(3,4)5/h8,10,14H,2,6-7H2,1,3-5H3. The van der Waals surface area contributed by atoms with Crippen molar-refractivity contribution in [2.45, 2.75) is 39.4 Å².